The normalized spacial score (nSPS) is 12.8. The van der Waals surface area contributed by atoms with Gasteiger partial charge in [0, 0.05) is 39.8 Å². The zero-order valence-corrected chi connectivity index (χ0v) is 12.8. The molecule has 0 aliphatic rings. The van der Waals surface area contributed by atoms with E-state index in [1.165, 1.54) is 14.8 Å². The van der Waals surface area contributed by atoms with Crippen LogP contribution in [-0.2, 0) is 12.8 Å². The van der Waals surface area contributed by atoms with Gasteiger partial charge >= 0.3 is 0 Å². The fourth-order valence-corrected chi connectivity index (χ4v) is 3.59. The summed E-state index contributed by atoms with van der Waals surface area (Å²) in [6.07, 6.45) is 2.16. The molecule has 98 valence electrons. The second kappa shape index (κ2) is 6.45. The van der Waals surface area contributed by atoms with Gasteiger partial charge in [-0.2, -0.15) is 0 Å². The first-order chi connectivity index (χ1) is 8.69. The molecule has 0 saturated carbocycles. The molecule has 2 heterocycles. The molecule has 0 amide bonds. The van der Waals surface area contributed by atoms with Crippen LogP contribution in [0.2, 0.25) is 0 Å². The van der Waals surface area contributed by atoms with Gasteiger partial charge in [-0.3, -0.25) is 0 Å². The summed E-state index contributed by atoms with van der Waals surface area (Å²) in [5, 5.41) is 6.92. The predicted octanol–water partition coefficient (Wildman–Crippen LogP) is 3.97. The van der Waals surface area contributed by atoms with Crippen molar-refractivity contribution >= 4 is 22.7 Å². The average Bonchev–Trinajstić information content (AvgIpc) is 2.98. The number of hydrogen-bond donors (Lipinski definition) is 1. The Bertz CT molecular complexity index is 487. The maximum Gasteiger partial charge on any atom is 0.0940 e. The number of thiazole rings is 1. The van der Waals surface area contributed by atoms with Crippen molar-refractivity contribution in [1.82, 2.24) is 10.3 Å². The summed E-state index contributed by atoms with van der Waals surface area (Å²) in [6, 6.07) is 4.92. The van der Waals surface area contributed by atoms with Gasteiger partial charge in [-0.25, -0.2) is 4.98 Å². The van der Waals surface area contributed by atoms with Gasteiger partial charge in [0.15, 0.2) is 0 Å². The minimum Gasteiger partial charge on any atom is -0.309 e. The van der Waals surface area contributed by atoms with E-state index < -0.39 is 0 Å². The second-order valence-corrected chi connectivity index (χ2v) is 6.61. The molecule has 2 rings (SSSR count). The highest BCUT2D eigenvalue weighted by Crippen LogP contribution is 2.23. The molecular weight excluding hydrogens is 260 g/mol. The Morgan fingerprint density at radius 3 is 2.83 bits per heavy atom. The van der Waals surface area contributed by atoms with E-state index in [1.54, 1.807) is 11.3 Å². The van der Waals surface area contributed by atoms with E-state index in [-0.39, 0.29) is 0 Å². The number of hydrogen-bond acceptors (Lipinski definition) is 4. The quantitative estimate of drug-likeness (QED) is 0.866. The summed E-state index contributed by atoms with van der Waals surface area (Å²) in [7, 11) is 0. The molecule has 0 bridgehead atoms. The standard InChI is InChI=1S/C14H20N2S2/c1-4-12-5-6-13(18-12)11(3)15-8-7-14-16-10(2)9-17-14/h5-6,9,11,15H,4,7-8H2,1-3H3. The monoisotopic (exact) mass is 280 g/mol. The van der Waals surface area contributed by atoms with Crippen LogP contribution in [0.1, 0.15) is 40.3 Å². The molecule has 0 saturated heterocycles. The number of nitrogens with one attached hydrogen (secondary N) is 1. The highest BCUT2D eigenvalue weighted by molar-refractivity contribution is 7.12. The van der Waals surface area contributed by atoms with Crippen molar-refractivity contribution in [1.29, 1.82) is 0 Å². The van der Waals surface area contributed by atoms with Crippen LogP contribution >= 0.6 is 22.7 Å². The first kappa shape index (κ1) is 13.7. The zero-order chi connectivity index (χ0) is 13.0. The Kier molecular flexibility index (Phi) is 4.92. The van der Waals surface area contributed by atoms with Gasteiger partial charge in [-0.15, -0.1) is 22.7 Å². The summed E-state index contributed by atoms with van der Waals surface area (Å²) in [6.45, 7) is 7.48. The van der Waals surface area contributed by atoms with Gasteiger partial charge in [0.25, 0.3) is 0 Å². The van der Waals surface area contributed by atoms with Crippen LogP contribution in [0.15, 0.2) is 17.5 Å². The van der Waals surface area contributed by atoms with E-state index in [1.807, 2.05) is 18.3 Å². The molecule has 1 N–H and O–H groups in total. The Morgan fingerprint density at radius 2 is 2.22 bits per heavy atom. The molecule has 4 heteroatoms. The maximum atomic E-state index is 4.48. The smallest absolute Gasteiger partial charge is 0.0940 e. The van der Waals surface area contributed by atoms with E-state index in [2.05, 4.69) is 41.7 Å². The average molecular weight is 280 g/mol. The van der Waals surface area contributed by atoms with Gasteiger partial charge in [-0.05, 0) is 32.4 Å². The Labute approximate surface area is 117 Å². The fraction of sp³-hybridized carbons (Fsp3) is 0.500. The topological polar surface area (TPSA) is 24.9 Å². The molecule has 18 heavy (non-hydrogen) atoms. The van der Waals surface area contributed by atoms with Crippen molar-refractivity contribution in [2.75, 3.05) is 6.54 Å². The predicted molar refractivity (Wildman–Crippen MR) is 80.7 cm³/mol. The molecular formula is C14H20N2S2. The van der Waals surface area contributed by atoms with Gasteiger partial charge in [-0.1, -0.05) is 6.92 Å². The summed E-state index contributed by atoms with van der Waals surface area (Å²) >= 11 is 3.67. The van der Waals surface area contributed by atoms with Crippen molar-refractivity contribution in [2.24, 2.45) is 0 Å². The Hall–Kier alpha value is -0.710. The molecule has 0 aliphatic heterocycles. The molecule has 0 fully saturated rings. The van der Waals surface area contributed by atoms with E-state index in [0.29, 0.717) is 6.04 Å². The highest BCUT2D eigenvalue weighted by Gasteiger charge is 2.07. The van der Waals surface area contributed by atoms with Crippen molar-refractivity contribution < 1.29 is 0 Å². The third-order valence-electron chi connectivity index (χ3n) is 2.91. The zero-order valence-electron chi connectivity index (χ0n) is 11.2. The van der Waals surface area contributed by atoms with Crippen LogP contribution in [0.5, 0.6) is 0 Å². The number of nitrogens with zero attached hydrogens (tertiary/aromatic N) is 1. The maximum absolute atomic E-state index is 4.48. The lowest BCUT2D eigenvalue weighted by Gasteiger charge is -2.11. The van der Waals surface area contributed by atoms with Crippen LogP contribution in [-0.4, -0.2) is 11.5 Å². The number of thiophene rings is 1. The number of rotatable bonds is 6. The minimum absolute atomic E-state index is 0.441. The molecule has 2 aromatic heterocycles. The lowest BCUT2D eigenvalue weighted by molar-refractivity contribution is 0.584. The van der Waals surface area contributed by atoms with Gasteiger partial charge in [0.1, 0.15) is 0 Å². The minimum atomic E-state index is 0.441. The molecule has 2 aromatic rings. The van der Waals surface area contributed by atoms with Crippen molar-refractivity contribution in [3.8, 4) is 0 Å². The molecule has 0 aromatic carbocycles. The first-order valence-electron chi connectivity index (χ1n) is 6.42. The largest absolute Gasteiger partial charge is 0.309 e. The van der Waals surface area contributed by atoms with E-state index in [4.69, 9.17) is 0 Å². The first-order valence-corrected chi connectivity index (χ1v) is 8.11. The summed E-state index contributed by atoms with van der Waals surface area (Å²) in [5.41, 5.74) is 1.13. The lowest BCUT2D eigenvalue weighted by Crippen LogP contribution is -2.20. The van der Waals surface area contributed by atoms with Crippen LogP contribution in [0, 0.1) is 6.92 Å². The van der Waals surface area contributed by atoms with Gasteiger partial charge < -0.3 is 5.32 Å². The van der Waals surface area contributed by atoms with Crippen molar-refractivity contribution in [3.63, 3.8) is 0 Å². The third kappa shape index (κ3) is 3.64. The molecule has 0 spiro atoms. The van der Waals surface area contributed by atoms with Crippen LogP contribution in [0.25, 0.3) is 0 Å². The number of aromatic nitrogens is 1. The lowest BCUT2D eigenvalue weighted by atomic mass is 10.2. The Morgan fingerprint density at radius 1 is 1.39 bits per heavy atom. The number of aryl methyl sites for hydroxylation is 2. The Balaban J connectivity index is 1.79. The van der Waals surface area contributed by atoms with Crippen molar-refractivity contribution in [3.05, 3.63) is 38.0 Å². The highest BCUT2D eigenvalue weighted by atomic mass is 32.1. The van der Waals surface area contributed by atoms with E-state index in [9.17, 15) is 0 Å². The molecule has 1 atom stereocenters. The van der Waals surface area contributed by atoms with Crippen molar-refractivity contribution in [2.45, 2.75) is 39.7 Å². The van der Waals surface area contributed by atoms with Crippen LogP contribution in [0.4, 0.5) is 0 Å². The summed E-state index contributed by atoms with van der Waals surface area (Å²) in [4.78, 5) is 7.38. The third-order valence-corrected chi connectivity index (χ3v) is 5.35. The second-order valence-electron chi connectivity index (χ2n) is 4.47. The van der Waals surface area contributed by atoms with E-state index >= 15 is 0 Å². The molecule has 1 unspecified atom stereocenters. The fourth-order valence-electron chi connectivity index (χ4n) is 1.83. The van der Waals surface area contributed by atoms with Crippen LogP contribution in [0.3, 0.4) is 0 Å². The van der Waals surface area contributed by atoms with Gasteiger partial charge in [0.05, 0.1) is 5.01 Å². The summed E-state index contributed by atoms with van der Waals surface area (Å²) in [5.74, 6) is 0. The van der Waals surface area contributed by atoms with E-state index in [0.717, 1.165) is 25.1 Å². The molecule has 0 radical (unpaired) electrons. The summed E-state index contributed by atoms with van der Waals surface area (Å²) < 4.78 is 0. The SMILES string of the molecule is CCc1ccc(C(C)NCCc2nc(C)cs2)s1. The molecule has 2 nitrogen and oxygen atoms in total. The van der Waals surface area contributed by atoms with Gasteiger partial charge in [0.2, 0.25) is 0 Å². The molecule has 0 aliphatic carbocycles. The van der Waals surface area contributed by atoms with Crippen LogP contribution < -0.4 is 5.32 Å².